The van der Waals surface area contributed by atoms with E-state index in [9.17, 15) is 13.6 Å². The van der Waals surface area contributed by atoms with Crippen molar-refractivity contribution in [1.82, 2.24) is 25.2 Å². The molecule has 1 aliphatic heterocycles. The minimum Gasteiger partial charge on any atom is -0.352 e. The highest BCUT2D eigenvalue weighted by atomic mass is 35.5. The second-order valence-corrected chi connectivity index (χ2v) is 7.62. The molecule has 32 heavy (non-hydrogen) atoms. The Labute approximate surface area is 189 Å². The summed E-state index contributed by atoms with van der Waals surface area (Å²) in [4.78, 5) is 29.0. The van der Waals surface area contributed by atoms with Crippen LogP contribution in [0.2, 0.25) is 5.02 Å². The predicted molar refractivity (Wildman–Crippen MR) is 118 cm³/mol. The number of hydrogen-bond acceptors (Lipinski definition) is 5. The number of nitrogens with zero attached hydrogens (tertiary/aromatic N) is 5. The number of nitrogens with one attached hydrogen (secondary N) is 1. The predicted octanol–water partition coefficient (Wildman–Crippen LogP) is 3.99. The molecule has 4 rings (SSSR count). The van der Waals surface area contributed by atoms with Crippen molar-refractivity contribution >= 4 is 23.4 Å². The van der Waals surface area contributed by atoms with Crippen LogP contribution in [0, 0.1) is 11.6 Å². The molecule has 0 spiro atoms. The molecule has 166 valence electrons. The maximum atomic E-state index is 14.6. The van der Waals surface area contributed by atoms with Gasteiger partial charge in [0.1, 0.15) is 23.1 Å². The topological polar surface area (TPSA) is 74.2 Å². The maximum absolute atomic E-state index is 14.6. The van der Waals surface area contributed by atoms with Crippen LogP contribution in [0.4, 0.5) is 19.4 Å². The molecular formula is C22H21ClF2N6O. The molecule has 2 aromatic heterocycles. The minimum absolute atomic E-state index is 0.0929. The Morgan fingerprint density at radius 1 is 1.09 bits per heavy atom. The first-order valence-corrected chi connectivity index (χ1v) is 10.6. The van der Waals surface area contributed by atoms with Crippen molar-refractivity contribution in [2.45, 2.75) is 6.92 Å². The van der Waals surface area contributed by atoms with E-state index in [1.54, 1.807) is 23.4 Å². The quantitative estimate of drug-likeness (QED) is 0.640. The number of pyridine rings is 1. The van der Waals surface area contributed by atoms with Gasteiger partial charge in [-0.2, -0.15) is 0 Å². The van der Waals surface area contributed by atoms with E-state index < -0.39 is 11.6 Å². The van der Waals surface area contributed by atoms with Gasteiger partial charge in [0, 0.05) is 62.3 Å². The minimum atomic E-state index is -0.742. The Morgan fingerprint density at radius 2 is 1.88 bits per heavy atom. The lowest BCUT2D eigenvalue weighted by Crippen LogP contribution is -2.52. The number of hydrogen-bond donors (Lipinski definition) is 1. The van der Waals surface area contributed by atoms with Crippen LogP contribution in [0.25, 0.3) is 22.5 Å². The van der Waals surface area contributed by atoms with Gasteiger partial charge in [-0.1, -0.05) is 11.6 Å². The SMILES string of the molecule is CCNC(=O)N1CCN(c2cnc(-c3ccc(F)cc3F)c(-c3ccncc3Cl)n2)CC1. The summed E-state index contributed by atoms with van der Waals surface area (Å²) in [6, 6.07) is 4.90. The summed E-state index contributed by atoms with van der Waals surface area (Å²) in [5, 5.41) is 3.14. The fourth-order valence-corrected chi connectivity index (χ4v) is 3.78. The summed E-state index contributed by atoms with van der Waals surface area (Å²) >= 11 is 6.36. The third-order valence-corrected chi connectivity index (χ3v) is 5.49. The highest BCUT2D eigenvalue weighted by Gasteiger charge is 2.24. The van der Waals surface area contributed by atoms with Crippen molar-refractivity contribution in [1.29, 1.82) is 0 Å². The molecule has 0 unspecified atom stereocenters. The first-order valence-electron chi connectivity index (χ1n) is 10.2. The van der Waals surface area contributed by atoms with E-state index >= 15 is 0 Å². The van der Waals surface area contributed by atoms with Gasteiger partial charge in [-0.3, -0.25) is 4.98 Å². The molecule has 1 aliphatic rings. The average molecular weight is 459 g/mol. The largest absolute Gasteiger partial charge is 0.352 e. The molecule has 1 saturated heterocycles. The normalized spacial score (nSPS) is 13.9. The standard InChI is InChI=1S/C22H21ClF2N6O/c1-2-27-22(32)31-9-7-30(8-10-31)19-13-28-20(16-4-3-14(24)11-18(16)25)21(29-19)15-5-6-26-12-17(15)23/h3-6,11-13H,2,7-10H2,1H3,(H,27,32). The summed E-state index contributed by atoms with van der Waals surface area (Å²) in [5.41, 5.74) is 1.27. The second-order valence-electron chi connectivity index (χ2n) is 7.21. The molecule has 0 aliphatic carbocycles. The first-order chi connectivity index (χ1) is 15.5. The van der Waals surface area contributed by atoms with Crippen molar-refractivity contribution in [3.63, 3.8) is 0 Å². The van der Waals surface area contributed by atoms with E-state index in [0.717, 1.165) is 6.07 Å². The second kappa shape index (κ2) is 9.44. The van der Waals surface area contributed by atoms with Gasteiger partial charge < -0.3 is 15.1 Å². The summed E-state index contributed by atoms with van der Waals surface area (Å²) in [5.74, 6) is -0.840. The summed E-state index contributed by atoms with van der Waals surface area (Å²) < 4.78 is 28.0. The number of aromatic nitrogens is 3. The molecule has 2 amide bonds. The highest BCUT2D eigenvalue weighted by molar-refractivity contribution is 6.33. The van der Waals surface area contributed by atoms with E-state index in [4.69, 9.17) is 16.6 Å². The molecule has 1 fully saturated rings. The fourth-order valence-electron chi connectivity index (χ4n) is 3.57. The van der Waals surface area contributed by atoms with Crippen molar-refractivity contribution in [3.8, 4) is 22.5 Å². The van der Waals surface area contributed by atoms with Crippen LogP contribution < -0.4 is 10.2 Å². The van der Waals surface area contributed by atoms with Crippen LogP contribution in [-0.2, 0) is 0 Å². The van der Waals surface area contributed by atoms with E-state index in [1.165, 1.54) is 18.3 Å². The molecule has 0 radical (unpaired) electrons. The zero-order valence-corrected chi connectivity index (χ0v) is 18.1. The lowest BCUT2D eigenvalue weighted by atomic mass is 10.0. The van der Waals surface area contributed by atoms with Gasteiger partial charge in [-0.25, -0.2) is 23.5 Å². The van der Waals surface area contributed by atoms with Crippen LogP contribution in [0.15, 0.2) is 42.9 Å². The van der Waals surface area contributed by atoms with E-state index in [1.807, 2.05) is 11.8 Å². The molecule has 0 atom stereocenters. The molecule has 7 nitrogen and oxygen atoms in total. The third-order valence-electron chi connectivity index (χ3n) is 5.19. The van der Waals surface area contributed by atoms with Crippen molar-refractivity contribution in [2.24, 2.45) is 0 Å². The number of carbonyl (C=O) groups excluding carboxylic acids is 1. The van der Waals surface area contributed by atoms with Gasteiger partial charge in [-0.15, -0.1) is 0 Å². The average Bonchev–Trinajstić information content (AvgIpc) is 2.80. The molecule has 1 aromatic carbocycles. The number of piperazine rings is 1. The van der Waals surface area contributed by atoms with Crippen molar-refractivity contribution < 1.29 is 13.6 Å². The lowest BCUT2D eigenvalue weighted by Gasteiger charge is -2.35. The molecule has 0 saturated carbocycles. The zero-order chi connectivity index (χ0) is 22.7. The van der Waals surface area contributed by atoms with E-state index in [2.05, 4.69) is 15.3 Å². The number of rotatable bonds is 4. The number of carbonyl (C=O) groups is 1. The van der Waals surface area contributed by atoms with E-state index in [0.29, 0.717) is 54.8 Å². The Bertz CT molecular complexity index is 1140. The highest BCUT2D eigenvalue weighted by Crippen LogP contribution is 2.35. The van der Waals surface area contributed by atoms with Gasteiger partial charge in [0.25, 0.3) is 0 Å². The van der Waals surface area contributed by atoms with Gasteiger partial charge in [0.05, 0.1) is 16.9 Å². The monoisotopic (exact) mass is 458 g/mol. The summed E-state index contributed by atoms with van der Waals surface area (Å²) in [6.07, 6.45) is 4.59. The summed E-state index contributed by atoms with van der Waals surface area (Å²) in [6.45, 7) is 4.66. The van der Waals surface area contributed by atoms with Gasteiger partial charge >= 0.3 is 6.03 Å². The van der Waals surface area contributed by atoms with Gasteiger partial charge in [-0.05, 0) is 25.1 Å². The van der Waals surface area contributed by atoms with Gasteiger partial charge in [0.15, 0.2) is 0 Å². The number of benzene rings is 1. The molecular weight excluding hydrogens is 438 g/mol. The Kier molecular flexibility index (Phi) is 6.45. The third kappa shape index (κ3) is 4.47. The Morgan fingerprint density at radius 3 is 2.56 bits per heavy atom. The maximum Gasteiger partial charge on any atom is 0.317 e. The lowest BCUT2D eigenvalue weighted by molar-refractivity contribution is 0.195. The first kappa shape index (κ1) is 21.9. The van der Waals surface area contributed by atoms with Crippen LogP contribution in [-0.4, -0.2) is 58.6 Å². The molecule has 3 aromatic rings. The van der Waals surface area contributed by atoms with Crippen molar-refractivity contribution in [2.75, 3.05) is 37.6 Å². The number of halogens is 3. The molecule has 3 heterocycles. The van der Waals surface area contributed by atoms with Gasteiger partial charge in [0.2, 0.25) is 0 Å². The molecule has 10 heteroatoms. The van der Waals surface area contributed by atoms with E-state index in [-0.39, 0.29) is 17.3 Å². The number of anilines is 1. The van der Waals surface area contributed by atoms with Crippen molar-refractivity contribution in [3.05, 3.63) is 59.5 Å². The molecule has 0 bridgehead atoms. The molecule has 1 N–H and O–H groups in total. The zero-order valence-electron chi connectivity index (χ0n) is 17.4. The summed E-state index contributed by atoms with van der Waals surface area (Å²) in [7, 11) is 0. The Balaban J connectivity index is 1.70. The van der Waals surface area contributed by atoms with Crippen LogP contribution >= 0.6 is 11.6 Å². The van der Waals surface area contributed by atoms with Crippen LogP contribution in [0.1, 0.15) is 6.92 Å². The smallest absolute Gasteiger partial charge is 0.317 e. The Hall–Kier alpha value is -3.33. The van der Waals surface area contributed by atoms with Crippen LogP contribution in [0.5, 0.6) is 0 Å². The van der Waals surface area contributed by atoms with Crippen LogP contribution in [0.3, 0.4) is 0 Å². The number of urea groups is 1. The fraction of sp³-hybridized carbons (Fsp3) is 0.273. The number of amides is 2.